The maximum atomic E-state index is 12.6. The standard InChI is InChI=1S/C21H26N4O2/c1-15(2)18-6-4-5-7-19(18)23-17-8-9-20(22-14-17)21(27)25-12-10-24(11-13-25)16(3)26/h4-9,14-15,23H,10-13H2,1-3H3. The molecule has 142 valence electrons. The molecule has 0 saturated carbocycles. The molecule has 2 heterocycles. The Morgan fingerprint density at radius 3 is 2.26 bits per heavy atom. The first-order valence-corrected chi connectivity index (χ1v) is 9.32. The van der Waals surface area contributed by atoms with E-state index in [1.165, 1.54) is 5.56 Å². The van der Waals surface area contributed by atoms with Gasteiger partial charge in [-0.25, -0.2) is 4.98 Å². The van der Waals surface area contributed by atoms with Crippen molar-refractivity contribution in [1.82, 2.24) is 14.8 Å². The normalized spacial score (nSPS) is 14.4. The Morgan fingerprint density at radius 2 is 1.67 bits per heavy atom. The Labute approximate surface area is 160 Å². The van der Waals surface area contributed by atoms with Gasteiger partial charge < -0.3 is 15.1 Å². The number of rotatable bonds is 4. The number of hydrogen-bond donors (Lipinski definition) is 1. The quantitative estimate of drug-likeness (QED) is 0.902. The lowest BCUT2D eigenvalue weighted by molar-refractivity contribution is -0.130. The van der Waals surface area contributed by atoms with Crippen molar-refractivity contribution in [2.45, 2.75) is 26.7 Å². The van der Waals surface area contributed by atoms with Gasteiger partial charge in [-0.2, -0.15) is 0 Å². The van der Waals surface area contributed by atoms with E-state index in [1.807, 2.05) is 24.3 Å². The lowest BCUT2D eigenvalue weighted by Crippen LogP contribution is -2.50. The van der Waals surface area contributed by atoms with Gasteiger partial charge in [-0.3, -0.25) is 9.59 Å². The van der Waals surface area contributed by atoms with E-state index < -0.39 is 0 Å². The molecule has 6 heteroatoms. The van der Waals surface area contributed by atoms with Crippen molar-refractivity contribution in [1.29, 1.82) is 0 Å². The van der Waals surface area contributed by atoms with E-state index in [2.05, 4.69) is 30.2 Å². The van der Waals surface area contributed by atoms with E-state index >= 15 is 0 Å². The number of piperazine rings is 1. The van der Waals surface area contributed by atoms with E-state index in [1.54, 1.807) is 29.0 Å². The van der Waals surface area contributed by atoms with Crippen LogP contribution in [-0.4, -0.2) is 52.8 Å². The molecule has 1 aromatic heterocycles. The summed E-state index contributed by atoms with van der Waals surface area (Å²) in [6.45, 7) is 8.12. The number of pyridine rings is 1. The minimum atomic E-state index is -0.0904. The Bertz CT molecular complexity index is 809. The first kappa shape index (κ1) is 18.9. The molecule has 0 bridgehead atoms. The summed E-state index contributed by atoms with van der Waals surface area (Å²) < 4.78 is 0. The molecule has 1 saturated heterocycles. The fourth-order valence-corrected chi connectivity index (χ4v) is 3.25. The van der Waals surface area contributed by atoms with Crippen LogP contribution in [0.5, 0.6) is 0 Å². The Hall–Kier alpha value is -2.89. The highest BCUT2D eigenvalue weighted by Crippen LogP contribution is 2.26. The number of amides is 2. The van der Waals surface area contributed by atoms with Crippen LogP contribution in [0.2, 0.25) is 0 Å². The number of benzene rings is 1. The highest BCUT2D eigenvalue weighted by molar-refractivity contribution is 5.92. The van der Waals surface area contributed by atoms with Gasteiger partial charge in [0, 0.05) is 38.8 Å². The molecule has 3 rings (SSSR count). The maximum Gasteiger partial charge on any atom is 0.272 e. The number of anilines is 2. The van der Waals surface area contributed by atoms with Crippen LogP contribution in [-0.2, 0) is 4.79 Å². The van der Waals surface area contributed by atoms with Crippen LogP contribution in [0, 0.1) is 0 Å². The van der Waals surface area contributed by atoms with E-state index in [0.29, 0.717) is 37.8 Å². The lowest BCUT2D eigenvalue weighted by atomic mass is 10.0. The predicted octanol–water partition coefficient (Wildman–Crippen LogP) is 3.25. The highest BCUT2D eigenvalue weighted by atomic mass is 16.2. The van der Waals surface area contributed by atoms with Gasteiger partial charge in [0.05, 0.1) is 11.9 Å². The molecule has 2 aromatic rings. The molecule has 2 amide bonds. The lowest BCUT2D eigenvalue weighted by Gasteiger charge is -2.34. The number of nitrogens with zero attached hydrogens (tertiary/aromatic N) is 3. The topological polar surface area (TPSA) is 65.5 Å². The molecule has 1 aliphatic heterocycles. The number of carbonyl (C=O) groups excluding carboxylic acids is 2. The molecule has 0 radical (unpaired) electrons. The second-order valence-corrected chi connectivity index (χ2v) is 7.10. The molecule has 0 aliphatic carbocycles. The summed E-state index contributed by atoms with van der Waals surface area (Å²) in [7, 11) is 0. The van der Waals surface area contributed by atoms with Crippen LogP contribution in [0.25, 0.3) is 0 Å². The van der Waals surface area contributed by atoms with E-state index in [9.17, 15) is 9.59 Å². The highest BCUT2D eigenvalue weighted by Gasteiger charge is 2.23. The molecular weight excluding hydrogens is 340 g/mol. The first-order valence-electron chi connectivity index (χ1n) is 9.32. The number of aromatic nitrogens is 1. The third-order valence-corrected chi connectivity index (χ3v) is 4.86. The average molecular weight is 366 g/mol. The zero-order valence-corrected chi connectivity index (χ0v) is 16.1. The fraction of sp³-hybridized carbons (Fsp3) is 0.381. The second-order valence-electron chi connectivity index (χ2n) is 7.10. The SMILES string of the molecule is CC(=O)N1CCN(C(=O)c2ccc(Nc3ccccc3C(C)C)cn2)CC1. The molecule has 1 fully saturated rings. The summed E-state index contributed by atoms with van der Waals surface area (Å²) in [5.74, 6) is 0.376. The minimum absolute atomic E-state index is 0.0531. The Kier molecular flexibility index (Phi) is 5.74. The first-order chi connectivity index (χ1) is 13.0. The van der Waals surface area contributed by atoms with Gasteiger partial charge in [0.15, 0.2) is 0 Å². The Balaban J connectivity index is 1.66. The van der Waals surface area contributed by atoms with Crippen LogP contribution in [0.1, 0.15) is 42.7 Å². The van der Waals surface area contributed by atoms with Crippen molar-refractivity contribution in [3.8, 4) is 0 Å². The van der Waals surface area contributed by atoms with Crippen molar-refractivity contribution in [2.24, 2.45) is 0 Å². The van der Waals surface area contributed by atoms with Crippen molar-refractivity contribution in [2.75, 3.05) is 31.5 Å². The Morgan fingerprint density at radius 1 is 1.00 bits per heavy atom. The summed E-state index contributed by atoms with van der Waals surface area (Å²) in [5.41, 5.74) is 3.56. The fourth-order valence-electron chi connectivity index (χ4n) is 3.25. The largest absolute Gasteiger partial charge is 0.354 e. The van der Waals surface area contributed by atoms with Crippen LogP contribution in [0.3, 0.4) is 0 Å². The summed E-state index contributed by atoms with van der Waals surface area (Å²) in [4.78, 5) is 31.9. The zero-order valence-electron chi connectivity index (χ0n) is 16.1. The summed E-state index contributed by atoms with van der Waals surface area (Å²) >= 11 is 0. The van der Waals surface area contributed by atoms with Crippen LogP contribution in [0.15, 0.2) is 42.6 Å². The summed E-state index contributed by atoms with van der Waals surface area (Å²) in [6.07, 6.45) is 1.69. The minimum Gasteiger partial charge on any atom is -0.354 e. The van der Waals surface area contributed by atoms with Crippen molar-refractivity contribution < 1.29 is 9.59 Å². The van der Waals surface area contributed by atoms with Crippen molar-refractivity contribution in [3.63, 3.8) is 0 Å². The van der Waals surface area contributed by atoms with Gasteiger partial charge in [-0.05, 0) is 29.7 Å². The van der Waals surface area contributed by atoms with E-state index in [-0.39, 0.29) is 11.8 Å². The molecule has 6 nitrogen and oxygen atoms in total. The third kappa shape index (κ3) is 4.45. The van der Waals surface area contributed by atoms with Crippen LogP contribution in [0.4, 0.5) is 11.4 Å². The molecule has 0 unspecified atom stereocenters. The average Bonchev–Trinajstić information content (AvgIpc) is 2.68. The van der Waals surface area contributed by atoms with E-state index in [4.69, 9.17) is 0 Å². The van der Waals surface area contributed by atoms with Crippen molar-refractivity contribution >= 4 is 23.2 Å². The van der Waals surface area contributed by atoms with Gasteiger partial charge >= 0.3 is 0 Å². The predicted molar refractivity (Wildman–Crippen MR) is 106 cm³/mol. The van der Waals surface area contributed by atoms with Crippen LogP contribution < -0.4 is 5.32 Å². The summed E-state index contributed by atoms with van der Waals surface area (Å²) in [6, 6.07) is 11.8. The van der Waals surface area contributed by atoms with Gasteiger partial charge in [0.1, 0.15) is 5.69 Å². The molecule has 0 atom stereocenters. The number of carbonyl (C=O) groups is 2. The molecule has 1 N–H and O–H groups in total. The maximum absolute atomic E-state index is 12.6. The number of hydrogen-bond acceptors (Lipinski definition) is 4. The second kappa shape index (κ2) is 8.20. The number of para-hydroxylation sites is 1. The molecule has 0 spiro atoms. The third-order valence-electron chi connectivity index (χ3n) is 4.86. The van der Waals surface area contributed by atoms with E-state index in [0.717, 1.165) is 11.4 Å². The number of nitrogens with one attached hydrogen (secondary N) is 1. The molecule has 1 aliphatic rings. The van der Waals surface area contributed by atoms with Gasteiger partial charge in [0.2, 0.25) is 5.91 Å². The smallest absolute Gasteiger partial charge is 0.272 e. The van der Waals surface area contributed by atoms with Gasteiger partial charge in [-0.15, -0.1) is 0 Å². The molecule has 1 aromatic carbocycles. The van der Waals surface area contributed by atoms with Crippen molar-refractivity contribution in [3.05, 3.63) is 53.9 Å². The molecule has 27 heavy (non-hydrogen) atoms. The van der Waals surface area contributed by atoms with Gasteiger partial charge in [0.25, 0.3) is 5.91 Å². The van der Waals surface area contributed by atoms with Crippen LogP contribution >= 0.6 is 0 Å². The monoisotopic (exact) mass is 366 g/mol. The molecular formula is C21H26N4O2. The summed E-state index contributed by atoms with van der Waals surface area (Å²) in [5, 5.41) is 3.39. The van der Waals surface area contributed by atoms with Gasteiger partial charge in [-0.1, -0.05) is 32.0 Å². The zero-order chi connectivity index (χ0) is 19.4.